The predicted octanol–water partition coefficient (Wildman–Crippen LogP) is 3.73. The predicted molar refractivity (Wildman–Crippen MR) is 251 cm³/mol. The number of carbonyl (C=O) groups excluding carboxylic acids is 4. The van der Waals surface area contributed by atoms with Gasteiger partial charge in [0.1, 0.15) is 0 Å². The molecule has 0 heterocycles. The molecule has 0 saturated carbocycles. The number of nitrogens with two attached hydrogens (primary N) is 9. The minimum absolute atomic E-state index is 0.0156. The Balaban J connectivity index is 7.67. The molecule has 0 aromatic rings. The van der Waals surface area contributed by atoms with Crippen LogP contribution in [-0.2, 0) is 24.0 Å². The van der Waals surface area contributed by atoms with Crippen molar-refractivity contribution in [3.05, 3.63) is 0 Å². The number of carboxylic acid groups (broad SMARTS) is 1. The van der Waals surface area contributed by atoms with Gasteiger partial charge in [0.15, 0.2) is 11.6 Å². The van der Waals surface area contributed by atoms with Gasteiger partial charge in [-0.25, -0.2) is 4.79 Å². The summed E-state index contributed by atoms with van der Waals surface area (Å²) in [6.45, 7) is 3.49. The van der Waals surface area contributed by atoms with Crippen molar-refractivity contribution in [2.24, 2.45) is 57.0 Å². The van der Waals surface area contributed by atoms with E-state index in [1.807, 2.05) is 0 Å². The number of Topliss-reactive ketones (excluding diaryl/α,β-unsaturated/α-hetero) is 2. The molecular formula is C46H94N10O6. The largest absolute Gasteiger partial charge is 0.479 e. The Kier molecular flexibility index (Phi) is 34.5. The average molecular weight is 883 g/mol. The lowest BCUT2D eigenvalue weighted by atomic mass is 9.56. The van der Waals surface area contributed by atoms with Crippen LogP contribution in [0, 0.1) is 5.41 Å². The third-order valence-electron chi connectivity index (χ3n) is 12.6. The number of amides is 2. The zero-order chi connectivity index (χ0) is 46.8. The molecule has 0 radical (unpaired) electrons. The third kappa shape index (κ3) is 19.8. The van der Waals surface area contributed by atoms with Crippen molar-refractivity contribution in [2.45, 2.75) is 223 Å². The number of hydrogen-bond acceptors (Lipinski definition) is 14. The van der Waals surface area contributed by atoms with Crippen LogP contribution in [0.15, 0.2) is 0 Å². The van der Waals surface area contributed by atoms with Crippen molar-refractivity contribution in [3.8, 4) is 0 Å². The second kappa shape index (κ2) is 35.9. The van der Waals surface area contributed by atoms with Crippen molar-refractivity contribution in [2.75, 3.05) is 32.7 Å². The van der Waals surface area contributed by atoms with Crippen LogP contribution in [0.4, 0.5) is 0 Å². The van der Waals surface area contributed by atoms with Gasteiger partial charge in [-0.2, -0.15) is 0 Å². The van der Waals surface area contributed by atoms with E-state index in [1.165, 1.54) is 51.4 Å². The van der Waals surface area contributed by atoms with Crippen LogP contribution in [-0.4, -0.2) is 102 Å². The summed E-state index contributed by atoms with van der Waals surface area (Å²) in [7, 11) is 0. The smallest absolute Gasteiger partial charge is 0.339 e. The van der Waals surface area contributed by atoms with E-state index >= 15 is 9.59 Å². The van der Waals surface area contributed by atoms with E-state index in [1.54, 1.807) is 0 Å². The van der Waals surface area contributed by atoms with Crippen LogP contribution in [0.5, 0.6) is 0 Å². The van der Waals surface area contributed by atoms with Gasteiger partial charge in [0.05, 0.1) is 29.6 Å². The molecule has 0 aliphatic carbocycles. The Hall–Kier alpha value is -2.41. The highest BCUT2D eigenvalue weighted by Gasteiger charge is 2.71. The molecule has 0 saturated heterocycles. The molecule has 364 valence electrons. The summed E-state index contributed by atoms with van der Waals surface area (Å²) in [5, 5.41) is 11.9. The van der Waals surface area contributed by atoms with Gasteiger partial charge in [0.25, 0.3) is 0 Å². The molecule has 0 aromatic carbocycles. The van der Waals surface area contributed by atoms with Crippen LogP contribution >= 0.6 is 0 Å². The molecule has 0 aliphatic heterocycles. The summed E-state index contributed by atoms with van der Waals surface area (Å²) < 4.78 is 0. The van der Waals surface area contributed by atoms with Gasteiger partial charge in [-0.05, 0) is 103 Å². The van der Waals surface area contributed by atoms with Crippen molar-refractivity contribution in [3.63, 3.8) is 0 Å². The highest BCUT2D eigenvalue weighted by Crippen LogP contribution is 2.49. The number of nitrogens with zero attached hydrogens (tertiary/aromatic N) is 1. The van der Waals surface area contributed by atoms with Crippen molar-refractivity contribution in [1.29, 1.82) is 0 Å². The number of ketones is 2. The maximum absolute atomic E-state index is 15.5. The van der Waals surface area contributed by atoms with Crippen molar-refractivity contribution in [1.82, 2.24) is 4.90 Å². The molecule has 0 bridgehead atoms. The van der Waals surface area contributed by atoms with Crippen molar-refractivity contribution >= 4 is 29.4 Å². The number of carbonyl (C=O) groups is 5. The molecule has 0 aliphatic rings. The van der Waals surface area contributed by atoms with Gasteiger partial charge in [-0.3, -0.25) is 24.1 Å². The first-order valence-electron chi connectivity index (χ1n) is 24.5. The summed E-state index contributed by atoms with van der Waals surface area (Å²) >= 11 is 0. The lowest BCUT2D eigenvalue weighted by Crippen LogP contribution is -2.79. The lowest BCUT2D eigenvalue weighted by molar-refractivity contribution is -0.187. The monoisotopic (exact) mass is 883 g/mol. The van der Waals surface area contributed by atoms with Gasteiger partial charge in [0, 0.05) is 0 Å². The van der Waals surface area contributed by atoms with Crippen LogP contribution in [0.2, 0.25) is 0 Å². The second-order valence-corrected chi connectivity index (χ2v) is 17.6. The van der Waals surface area contributed by atoms with E-state index in [0.717, 1.165) is 25.7 Å². The zero-order valence-corrected chi connectivity index (χ0v) is 39.0. The van der Waals surface area contributed by atoms with Crippen molar-refractivity contribution < 1.29 is 29.1 Å². The van der Waals surface area contributed by atoms with Crippen LogP contribution in [0.1, 0.15) is 193 Å². The van der Waals surface area contributed by atoms with Gasteiger partial charge in [-0.1, -0.05) is 122 Å². The Morgan fingerprint density at radius 3 is 1.06 bits per heavy atom. The second-order valence-electron chi connectivity index (χ2n) is 17.6. The number of carboxylic acids is 1. The van der Waals surface area contributed by atoms with E-state index < -0.39 is 64.5 Å². The molecule has 16 nitrogen and oxygen atoms in total. The standard InChI is InChI=1S/C46H94N10O6/c1-2-3-4-5-6-7-8-9-10-11-12-13-14-19-29-45(30-24-35-51,40(57)36(52)25-15-20-31-47)46(44(61)62,41(58)37(53)26-16-21-32-48)56(42(59)38(54)27-17-22-33-49)43(60)39(55)28-18-23-34-50/h36-39H,2-35,47-55H2,1H3,(H,61,62). The summed E-state index contributed by atoms with van der Waals surface area (Å²) in [6, 6.07) is -5.67. The van der Waals surface area contributed by atoms with Gasteiger partial charge in [0.2, 0.25) is 17.4 Å². The van der Waals surface area contributed by atoms with Crippen LogP contribution in [0.25, 0.3) is 0 Å². The van der Waals surface area contributed by atoms with E-state index in [9.17, 15) is 19.5 Å². The molecule has 6 unspecified atom stereocenters. The minimum Gasteiger partial charge on any atom is -0.479 e. The molecule has 62 heavy (non-hydrogen) atoms. The highest BCUT2D eigenvalue weighted by atomic mass is 16.4. The number of aliphatic carboxylic acids is 1. The Labute approximate surface area is 375 Å². The van der Waals surface area contributed by atoms with E-state index in [2.05, 4.69) is 6.92 Å². The van der Waals surface area contributed by atoms with E-state index in [0.29, 0.717) is 95.3 Å². The SMILES string of the molecule is CCCCCCCCCCCCCCCCC(CCCN)(C(=O)C(N)CCCCN)C(C(=O)O)(C(=O)C(N)CCCCN)N(C(=O)C(N)CCCCN)C(=O)C(N)CCCCN. The molecule has 16 heteroatoms. The lowest BCUT2D eigenvalue weighted by Gasteiger charge is -2.53. The van der Waals surface area contributed by atoms with Crippen LogP contribution in [0.3, 0.4) is 0 Å². The average Bonchev–Trinajstić information content (AvgIpc) is 3.25. The first-order valence-corrected chi connectivity index (χ1v) is 24.5. The summed E-state index contributed by atoms with van der Waals surface area (Å²) in [5.41, 5.74) is 50.2. The minimum atomic E-state index is -3.17. The highest BCUT2D eigenvalue weighted by molar-refractivity contribution is 6.21. The Morgan fingerprint density at radius 2 is 0.726 bits per heavy atom. The number of rotatable bonds is 43. The van der Waals surface area contributed by atoms with Gasteiger partial charge >= 0.3 is 5.97 Å². The Bertz CT molecular complexity index is 1200. The van der Waals surface area contributed by atoms with Crippen LogP contribution < -0.4 is 51.6 Å². The molecule has 19 N–H and O–H groups in total. The quantitative estimate of drug-likeness (QED) is 0.0308. The molecule has 0 rings (SSSR count). The number of unbranched alkanes of at least 4 members (excludes halogenated alkanes) is 17. The number of hydrogen-bond donors (Lipinski definition) is 10. The summed E-state index contributed by atoms with van der Waals surface area (Å²) in [4.78, 5) is 76.1. The zero-order valence-electron chi connectivity index (χ0n) is 39.0. The maximum Gasteiger partial charge on any atom is 0.339 e. The third-order valence-corrected chi connectivity index (χ3v) is 12.6. The Morgan fingerprint density at radius 1 is 0.419 bits per heavy atom. The summed E-state index contributed by atoms with van der Waals surface area (Å²) in [5.74, 6) is -6.03. The fourth-order valence-electron chi connectivity index (χ4n) is 8.84. The maximum atomic E-state index is 15.5. The molecule has 0 spiro atoms. The van der Waals surface area contributed by atoms with E-state index in [-0.39, 0.29) is 51.5 Å². The van der Waals surface area contributed by atoms with Gasteiger partial charge < -0.3 is 56.7 Å². The molecule has 6 atom stereocenters. The molecule has 0 fully saturated rings. The fourth-order valence-corrected chi connectivity index (χ4v) is 8.84. The molecule has 0 aromatic heterocycles. The first kappa shape index (κ1) is 59.6. The molecule has 2 amide bonds. The normalized spacial score (nSPS) is 15.6. The van der Waals surface area contributed by atoms with Gasteiger partial charge in [-0.15, -0.1) is 0 Å². The van der Waals surface area contributed by atoms with E-state index in [4.69, 9.17) is 51.6 Å². The topological polar surface area (TPSA) is 343 Å². The molecular weight excluding hydrogens is 789 g/mol. The summed E-state index contributed by atoms with van der Waals surface area (Å²) in [6.07, 6.45) is 18.2. The fraction of sp³-hybridized carbons (Fsp3) is 0.891. The number of imide groups is 1. The first-order chi connectivity index (χ1) is 29.8.